The van der Waals surface area contributed by atoms with E-state index in [1.165, 1.54) is 5.56 Å². The van der Waals surface area contributed by atoms with Crippen LogP contribution in [0.1, 0.15) is 31.0 Å². The molecule has 3 aromatic rings. The van der Waals surface area contributed by atoms with Gasteiger partial charge in [-0.05, 0) is 57.5 Å². The summed E-state index contributed by atoms with van der Waals surface area (Å²) in [4.78, 5) is 34.4. The number of aryl methyl sites for hydroxylation is 1. The third-order valence-corrected chi connectivity index (χ3v) is 6.65. The van der Waals surface area contributed by atoms with E-state index in [1.54, 1.807) is 0 Å². The average molecular weight is 474 g/mol. The summed E-state index contributed by atoms with van der Waals surface area (Å²) in [5.41, 5.74) is 3.66. The van der Waals surface area contributed by atoms with Crippen molar-refractivity contribution in [2.24, 2.45) is 5.92 Å². The second-order valence-corrected chi connectivity index (χ2v) is 9.16. The number of hydrogen-bond acceptors (Lipinski definition) is 4. The van der Waals surface area contributed by atoms with Crippen LogP contribution in [0.4, 0.5) is 10.5 Å². The number of carbonyl (C=O) groups is 2. The molecule has 0 saturated carbocycles. The molecule has 1 aromatic heterocycles. The predicted molar refractivity (Wildman–Crippen MR) is 140 cm³/mol. The number of amides is 3. The van der Waals surface area contributed by atoms with Crippen LogP contribution < -0.4 is 10.6 Å². The number of anilines is 1. The summed E-state index contributed by atoms with van der Waals surface area (Å²) in [7, 11) is 0. The Hall–Kier alpha value is -3.45. The molecule has 0 bridgehead atoms. The Balaban J connectivity index is 1.20. The van der Waals surface area contributed by atoms with Crippen molar-refractivity contribution < 1.29 is 9.59 Å². The van der Waals surface area contributed by atoms with Crippen LogP contribution in [0, 0.1) is 12.8 Å². The molecule has 2 heterocycles. The molecule has 4 rings (SSSR count). The number of nitrogens with zero attached hydrogens (tertiary/aromatic N) is 3. The van der Waals surface area contributed by atoms with Gasteiger partial charge in [0.05, 0.1) is 11.2 Å². The van der Waals surface area contributed by atoms with Crippen molar-refractivity contribution in [2.75, 3.05) is 38.0 Å². The lowest BCUT2D eigenvalue weighted by molar-refractivity contribution is -0.137. The van der Waals surface area contributed by atoms with Crippen molar-refractivity contribution in [1.82, 2.24) is 20.1 Å². The number of pyridine rings is 1. The maximum atomic E-state index is 13.1. The Morgan fingerprint density at radius 3 is 2.51 bits per heavy atom. The Morgan fingerprint density at radius 1 is 1.06 bits per heavy atom. The van der Waals surface area contributed by atoms with Gasteiger partial charge in [0.15, 0.2) is 0 Å². The van der Waals surface area contributed by atoms with E-state index < -0.39 is 0 Å². The Bertz CT molecular complexity index is 1140. The van der Waals surface area contributed by atoms with Crippen LogP contribution in [-0.2, 0) is 11.3 Å². The fourth-order valence-electron chi connectivity index (χ4n) is 4.72. The normalized spacial score (nSPS) is 14.6. The summed E-state index contributed by atoms with van der Waals surface area (Å²) >= 11 is 0. The summed E-state index contributed by atoms with van der Waals surface area (Å²) < 4.78 is 0. The third-order valence-electron chi connectivity index (χ3n) is 6.65. The van der Waals surface area contributed by atoms with Gasteiger partial charge in [-0.2, -0.15) is 0 Å². The maximum absolute atomic E-state index is 13.1. The largest absolute Gasteiger partial charge is 0.338 e. The number of benzene rings is 2. The molecule has 0 radical (unpaired) electrons. The zero-order chi connectivity index (χ0) is 24.6. The fourth-order valence-corrected chi connectivity index (χ4v) is 4.72. The van der Waals surface area contributed by atoms with Gasteiger partial charge in [0.1, 0.15) is 0 Å². The van der Waals surface area contributed by atoms with E-state index in [9.17, 15) is 9.59 Å². The van der Waals surface area contributed by atoms with Gasteiger partial charge in [-0.1, -0.05) is 48.5 Å². The fraction of sp³-hybridized carbons (Fsp3) is 0.393. The maximum Gasteiger partial charge on any atom is 0.319 e. The number of aromatic nitrogens is 1. The molecule has 0 atom stereocenters. The van der Waals surface area contributed by atoms with E-state index in [0.29, 0.717) is 13.1 Å². The highest BCUT2D eigenvalue weighted by atomic mass is 16.2. The molecule has 1 saturated heterocycles. The van der Waals surface area contributed by atoms with Gasteiger partial charge < -0.3 is 20.4 Å². The first-order valence-electron chi connectivity index (χ1n) is 12.5. The lowest BCUT2D eigenvalue weighted by Gasteiger charge is -2.34. The second kappa shape index (κ2) is 11.8. The summed E-state index contributed by atoms with van der Waals surface area (Å²) in [6.45, 7) is 8.43. The Labute approximate surface area is 207 Å². The van der Waals surface area contributed by atoms with Crippen molar-refractivity contribution in [3.8, 4) is 0 Å². The van der Waals surface area contributed by atoms with Gasteiger partial charge in [0.25, 0.3) is 0 Å². The van der Waals surface area contributed by atoms with Gasteiger partial charge in [-0.3, -0.25) is 9.78 Å². The molecule has 1 aliphatic rings. The first kappa shape index (κ1) is 24.7. The van der Waals surface area contributed by atoms with Gasteiger partial charge in [-0.15, -0.1) is 0 Å². The molecule has 3 amide bonds. The zero-order valence-electron chi connectivity index (χ0n) is 20.7. The standard InChI is InChI=1S/C28H35N5O2/c1-3-33(20-22-9-5-4-6-10-22)27(34)23-13-16-32(17-14-23)18-15-29-28(35)31-26-19-21(2)30-25-12-8-7-11-24(25)26/h4-12,19,23H,3,13-18,20H2,1-2H3,(H2,29,30,31,35). The summed E-state index contributed by atoms with van der Waals surface area (Å²) in [5, 5.41) is 6.85. The molecule has 2 aromatic carbocycles. The highest BCUT2D eigenvalue weighted by Gasteiger charge is 2.28. The molecule has 35 heavy (non-hydrogen) atoms. The van der Waals surface area contributed by atoms with Crippen molar-refractivity contribution in [1.29, 1.82) is 0 Å². The van der Waals surface area contributed by atoms with Crippen LogP contribution in [-0.4, -0.2) is 59.4 Å². The van der Waals surface area contributed by atoms with E-state index in [1.807, 2.05) is 67.3 Å². The Kier molecular flexibility index (Phi) is 8.32. The number of rotatable bonds is 8. The average Bonchev–Trinajstić information content (AvgIpc) is 2.88. The SMILES string of the molecule is CCN(Cc1ccccc1)C(=O)C1CCN(CCNC(=O)Nc2cc(C)nc3ccccc23)CC1. The molecular weight excluding hydrogens is 438 g/mol. The van der Waals surface area contributed by atoms with Crippen molar-refractivity contribution >= 4 is 28.5 Å². The van der Waals surface area contributed by atoms with E-state index in [-0.39, 0.29) is 17.9 Å². The molecule has 7 heteroatoms. The van der Waals surface area contributed by atoms with Crippen molar-refractivity contribution in [3.63, 3.8) is 0 Å². The quantitative estimate of drug-likeness (QED) is 0.508. The molecule has 184 valence electrons. The van der Waals surface area contributed by atoms with Crippen LogP contribution >= 0.6 is 0 Å². The number of fused-ring (bicyclic) bond motifs is 1. The number of carbonyl (C=O) groups excluding carboxylic acids is 2. The van der Waals surface area contributed by atoms with Crippen LogP contribution in [0.2, 0.25) is 0 Å². The second-order valence-electron chi connectivity index (χ2n) is 9.16. The van der Waals surface area contributed by atoms with E-state index in [0.717, 1.165) is 61.3 Å². The number of urea groups is 1. The third kappa shape index (κ3) is 6.57. The number of para-hydroxylation sites is 1. The van der Waals surface area contributed by atoms with Gasteiger partial charge in [-0.25, -0.2) is 4.79 Å². The van der Waals surface area contributed by atoms with E-state index in [2.05, 4.69) is 32.7 Å². The van der Waals surface area contributed by atoms with E-state index >= 15 is 0 Å². The molecular formula is C28H35N5O2. The Morgan fingerprint density at radius 2 is 1.77 bits per heavy atom. The van der Waals surface area contributed by atoms with Gasteiger partial charge in [0, 0.05) is 43.2 Å². The highest BCUT2D eigenvalue weighted by molar-refractivity contribution is 6.00. The molecule has 0 aliphatic carbocycles. The number of nitrogens with one attached hydrogen (secondary N) is 2. The molecule has 0 unspecified atom stereocenters. The molecule has 1 aliphatic heterocycles. The van der Waals surface area contributed by atoms with E-state index in [4.69, 9.17) is 0 Å². The topological polar surface area (TPSA) is 77.6 Å². The van der Waals surface area contributed by atoms with Gasteiger partial charge >= 0.3 is 6.03 Å². The van der Waals surface area contributed by atoms with Crippen LogP contribution in [0.3, 0.4) is 0 Å². The minimum atomic E-state index is -0.217. The first-order chi connectivity index (χ1) is 17.0. The first-order valence-corrected chi connectivity index (χ1v) is 12.5. The summed E-state index contributed by atoms with van der Waals surface area (Å²) in [5.74, 6) is 0.336. The monoisotopic (exact) mass is 473 g/mol. The zero-order valence-corrected chi connectivity index (χ0v) is 20.7. The van der Waals surface area contributed by atoms with Crippen LogP contribution in [0.5, 0.6) is 0 Å². The number of hydrogen-bond donors (Lipinski definition) is 2. The lowest BCUT2D eigenvalue weighted by Crippen LogP contribution is -2.44. The molecule has 0 spiro atoms. The van der Waals surface area contributed by atoms with Crippen LogP contribution in [0.15, 0.2) is 60.7 Å². The molecule has 2 N–H and O–H groups in total. The minimum Gasteiger partial charge on any atom is -0.338 e. The highest BCUT2D eigenvalue weighted by Crippen LogP contribution is 2.23. The van der Waals surface area contributed by atoms with Crippen molar-refractivity contribution in [2.45, 2.75) is 33.2 Å². The summed E-state index contributed by atoms with van der Waals surface area (Å²) in [6.07, 6.45) is 1.72. The lowest BCUT2D eigenvalue weighted by atomic mass is 9.95. The van der Waals surface area contributed by atoms with Gasteiger partial charge in [0.2, 0.25) is 5.91 Å². The smallest absolute Gasteiger partial charge is 0.319 e. The van der Waals surface area contributed by atoms with Crippen molar-refractivity contribution in [3.05, 3.63) is 71.9 Å². The molecule has 1 fully saturated rings. The predicted octanol–water partition coefficient (Wildman–Crippen LogP) is 4.43. The minimum absolute atomic E-state index is 0.0781. The summed E-state index contributed by atoms with van der Waals surface area (Å²) in [6, 6.07) is 19.6. The van der Waals surface area contributed by atoms with Crippen LogP contribution in [0.25, 0.3) is 10.9 Å². The molecule has 7 nitrogen and oxygen atoms in total. The number of piperidine rings is 1. The number of likely N-dealkylation sites (tertiary alicyclic amines) is 1.